The van der Waals surface area contributed by atoms with E-state index in [9.17, 15) is 13.2 Å². The molecule has 0 spiro atoms. The number of rotatable bonds is 7. The maximum Gasteiger partial charge on any atom is 0.416 e. The van der Waals surface area contributed by atoms with Gasteiger partial charge < -0.3 is 14.9 Å². The number of alkyl halides is 3. The molecule has 3 nitrogen and oxygen atoms in total. The molecule has 2 N–H and O–H groups in total. The van der Waals surface area contributed by atoms with Crippen molar-refractivity contribution in [2.45, 2.75) is 31.5 Å². The zero-order chi connectivity index (χ0) is 16.0. The number of hydrogen-bond donors (Lipinski definition) is 1. The summed E-state index contributed by atoms with van der Waals surface area (Å²) in [5.74, 6) is 1.03. The Labute approximate surface area is 126 Å². The number of benzene rings is 1. The van der Waals surface area contributed by atoms with Crippen molar-refractivity contribution in [3.63, 3.8) is 0 Å². The molecule has 2 aromatic rings. The highest BCUT2D eigenvalue weighted by molar-refractivity contribution is 5.29. The van der Waals surface area contributed by atoms with Crippen LogP contribution in [-0.4, -0.2) is 6.54 Å². The average molecular weight is 313 g/mol. The van der Waals surface area contributed by atoms with Gasteiger partial charge in [0.15, 0.2) is 6.10 Å². The van der Waals surface area contributed by atoms with Crippen LogP contribution in [0.1, 0.15) is 36.7 Å². The molecule has 1 unspecified atom stereocenters. The summed E-state index contributed by atoms with van der Waals surface area (Å²) in [7, 11) is 0. The standard InChI is InChI=1S/C16H18F3NO2/c17-16(18,19)12-6-8-13(9-7-12)22-15(4-1-2-10-20)14-5-3-11-21-14/h3,5-9,11,15H,1-2,4,10,20H2. The quantitative estimate of drug-likeness (QED) is 0.763. The minimum atomic E-state index is -4.35. The van der Waals surface area contributed by atoms with Crippen LogP contribution in [0.5, 0.6) is 5.75 Å². The topological polar surface area (TPSA) is 48.4 Å². The smallest absolute Gasteiger partial charge is 0.416 e. The Morgan fingerprint density at radius 2 is 1.82 bits per heavy atom. The number of halogens is 3. The van der Waals surface area contributed by atoms with Crippen LogP contribution in [0.25, 0.3) is 0 Å². The molecule has 0 bridgehead atoms. The van der Waals surface area contributed by atoms with Crippen molar-refractivity contribution in [1.29, 1.82) is 0 Å². The summed E-state index contributed by atoms with van der Waals surface area (Å²) in [6, 6.07) is 8.20. The first-order valence-electron chi connectivity index (χ1n) is 7.08. The molecule has 0 aliphatic heterocycles. The molecular weight excluding hydrogens is 295 g/mol. The van der Waals surface area contributed by atoms with E-state index in [2.05, 4.69) is 0 Å². The fraction of sp³-hybridized carbons (Fsp3) is 0.375. The molecule has 0 saturated carbocycles. The highest BCUT2D eigenvalue weighted by Crippen LogP contribution is 2.32. The lowest BCUT2D eigenvalue weighted by Crippen LogP contribution is -2.09. The monoisotopic (exact) mass is 313 g/mol. The van der Waals surface area contributed by atoms with Crippen molar-refractivity contribution >= 4 is 0 Å². The van der Waals surface area contributed by atoms with Gasteiger partial charge in [0.25, 0.3) is 0 Å². The van der Waals surface area contributed by atoms with Gasteiger partial charge in [0.2, 0.25) is 0 Å². The Morgan fingerprint density at radius 1 is 1.09 bits per heavy atom. The van der Waals surface area contributed by atoms with Crippen LogP contribution in [0, 0.1) is 0 Å². The van der Waals surface area contributed by atoms with E-state index in [0.717, 1.165) is 25.0 Å². The second kappa shape index (κ2) is 7.35. The molecule has 22 heavy (non-hydrogen) atoms. The molecule has 0 amide bonds. The molecule has 1 heterocycles. The van der Waals surface area contributed by atoms with Gasteiger partial charge in [-0.25, -0.2) is 0 Å². The normalized spacial score (nSPS) is 13.1. The van der Waals surface area contributed by atoms with Crippen molar-refractivity contribution < 1.29 is 22.3 Å². The zero-order valence-corrected chi connectivity index (χ0v) is 12.0. The maximum absolute atomic E-state index is 12.5. The summed E-state index contributed by atoms with van der Waals surface area (Å²) < 4.78 is 48.7. The second-order valence-corrected chi connectivity index (χ2v) is 4.93. The van der Waals surface area contributed by atoms with Crippen molar-refractivity contribution in [2.24, 2.45) is 5.73 Å². The van der Waals surface area contributed by atoms with Gasteiger partial charge >= 0.3 is 6.18 Å². The van der Waals surface area contributed by atoms with E-state index in [1.165, 1.54) is 12.1 Å². The van der Waals surface area contributed by atoms with Crippen LogP contribution in [0.4, 0.5) is 13.2 Å². The summed E-state index contributed by atoms with van der Waals surface area (Å²) in [5, 5.41) is 0. The molecule has 1 atom stereocenters. The SMILES string of the molecule is NCCCCC(Oc1ccc(C(F)(F)F)cc1)c1ccco1. The van der Waals surface area contributed by atoms with Crippen LogP contribution < -0.4 is 10.5 Å². The number of hydrogen-bond acceptors (Lipinski definition) is 3. The highest BCUT2D eigenvalue weighted by Gasteiger charge is 2.30. The minimum Gasteiger partial charge on any atom is -0.482 e. The molecular formula is C16H18F3NO2. The zero-order valence-electron chi connectivity index (χ0n) is 12.0. The van der Waals surface area contributed by atoms with Crippen molar-refractivity contribution in [2.75, 3.05) is 6.54 Å². The fourth-order valence-corrected chi connectivity index (χ4v) is 2.09. The second-order valence-electron chi connectivity index (χ2n) is 4.93. The Morgan fingerprint density at radius 3 is 2.36 bits per heavy atom. The van der Waals surface area contributed by atoms with Crippen LogP contribution in [-0.2, 0) is 6.18 Å². The molecule has 0 fully saturated rings. The van der Waals surface area contributed by atoms with E-state index in [1.807, 2.05) is 0 Å². The summed E-state index contributed by atoms with van der Waals surface area (Å²) in [6.07, 6.45) is -0.748. The van der Waals surface area contributed by atoms with E-state index in [4.69, 9.17) is 14.9 Å². The van der Waals surface area contributed by atoms with Crippen molar-refractivity contribution in [3.8, 4) is 5.75 Å². The lowest BCUT2D eigenvalue weighted by molar-refractivity contribution is -0.137. The average Bonchev–Trinajstić information content (AvgIpc) is 3.00. The number of furan rings is 1. The van der Waals surface area contributed by atoms with Crippen molar-refractivity contribution in [3.05, 3.63) is 54.0 Å². The molecule has 1 aromatic heterocycles. The molecule has 1 aromatic carbocycles. The van der Waals surface area contributed by atoms with Crippen LogP contribution in [0.2, 0.25) is 0 Å². The predicted octanol–water partition coefficient (Wildman–Crippen LogP) is 4.55. The van der Waals surface area contributed by atoms with E-state index in [0.29, 0.717) is 24.5 Å². The number of ether oxygens (including phenoxy) is 1. The molecule has 0 saturated heterocycles. The predicted molar refractivity (Wildman–Crippen MR) is 76.4 cm³/mol. The van der Waals surface area contributed by atoms with Crippen LogP contribution in [0.3, 0.4) is 0 Å². The lowest BCUT2D eigenvalue weighted by Gasteiger charge is -2.17. The van der Waals surface area contributed by atoms with Gasteiger partial charge in [-0.3, -0.25) is 0 Å². The van der Waals surface area contributed by atoms with Gasteiger partial charge in [0, 0.05) is 0 Å². The summed E-state index contributed by atoms with van der Waals surface area (Å²) >= 11 is 0. The number of nitrogens with two attached hydrogens (primary N) is 1. The molecule has 6 heteroatoms. The van der Waals surface area contributed by atoms with E-state index >= 15 is 0 Å². The van der Waals surface area contributed by atoms with Gasteiger partial charge in [-0.15, -0.1) is 0 Å². The largest absolute Gasteiger partial charge is 0.482 e. The molecule has 0 aliphatic carbocycles. The molecule has 120 valence electrons. The highest BCUT2D eigenvalue weighted by atomic mass is 19.4. The Hall–Kier alpha value is -1.95. The van der Waals surface area contributed by atoms with Crippen molar-refractivity contribution in [1.82, 2.24) is 0 Å². The van der Waals surface area contributed by atoms with Gasteiger partial charge in [-0.05, 0) is 62.2 Å². The Kier molecular flexibility index (Phi) is 5.49. The van der Waals surface area contributed by atoms with Crippen LogP contribution in [0.15, 0.2) is 47.1 Å². The Bertz CT molecular complexity index is 550. The summed E-state index contributed by atoms with van der Waals surface area (Å²) in [6.45, 7) is 0.588. The van der Waals surface area contributed by atoms with E-state index in [1.54, 1.807) is 18.4 Å². The van der Waals surface area contributed by atoms with Gasteiger partial charge in [0.1, 0.15) is 11.5 Å². The molecule has 0 radical (unpaired) electrons. The Balaban J connectivity index is 2.06. The third-order valence-corrected chi connectivity index (χ3v) is 3.24. The first-order valence-corrected chi connectivity index (χ1v) is 7.08. The van der Waals surface area contributed by atoms with Gasteiger partial charge in [-0.2, -0.15) is 13.2 Å². The fourth-order valence-electron chi connectivity index (χ4n) is 2.09. The summed E-state index contributed by atoms with van der Waals surface area (Å²) in [4.78, 5) is 0. The lowest BCUT2D eigenvalue weighted by atomic mass is 10.1. The summed E-state index contributed by atoms with van der Waals surface area (Å²) in [5.41, 5.74) is 4.78. The van der Waals surface area contributed by atoms with Gasteiger partial charge in [-0.1, -0.05) is 0 Å². The first-order chi connectivity index (χ1) is 10.5. The number of unbranched alkanes of at least 4 members (excludes halogenated alkanes) is 1. The third-order valence-electron chi connectivity index (χ3n) is 3.24. The van der Waals surface area contributed by atoms with Crippen LogP contribution >= 0.6 is 0 Å². The molecule has 0 aliphatic rings. The van der Waals surface area contributed by atoms with Gasteiger partial charge in [0.05, 0.1) is 11.8 Å². The first kappa shape index (κ1) is 16.4. The third kappa shape index (κ3) is 4.53. The van der Waals surface area contributed by atoms with E-state index < -0.39 is 11.7 Å². The molecule has 2 rings (SSSR count). The van der Waals surface area contributed by atoms with E-state index in [-0.39, 0.29) is 6.10 Å². The maximum atomic E-state index is 12.5. The minimum absolute atomic E-state index is 0.335.